The lowest BCUT2D eigenvalue weighted by molar-refractivity contribution is -0.139. The molecule has 4 heteroatoms. The number of rotatable bonds is 2. The van der Waals surface area contributed by atoms with Crippen LogP contribution in [0.1, 0.15) is 23.7 Å². The van der Waals surface area contributed by atoms with Crippen LogP contribution in [0.15, 0.2) is 60.2 Å². The van der Waals surface area contributed by atoms with Gasteiger partial charge < -0.3 is 4.74 Å². The summed E-state index contributed by atoms with van der Waals surface area (Å²) >= 11 is 12.5. The zero-order valence-corrected chi connectivity index (χ0v) is 12.6. The predicted molar refractivity (Wildman–Crippen MR) is 84.1 cm³/mol. The molecule has 106 valence electrons. The van der Waals surface area contributed by atoms with Crippen LogP contribution in [0, 0.1) is 0 Å². The number of hydrogen-bond donors (Lipinski definition) is 0. The molecule has 0 aliphatic carbocycles. The van der Waals surface area contributed by atoms with Gasteiger partial charge in [0.1, 0.15) is 6.10 Å². The molecule has 21 heavy (non-hydrogen) atoms. The average Bonchev–Trinajstić information content (AvgIpc) is 2.89. The summed E-state index contributed by atoms with van der Waals surface area (Å²) in [5.41, 5.74) is 2.11. The number of carbonyl (C=O) groups excluding carboxylic acids is 1. The number of benzene rings is 2. The van der Waals surface area contributed by atoms with E-state index in [1.807, 2.05) is 48.5 Å². The van der Waals surface area contributed by atoms with E-state index in [9.17, 15) is 4.79 Å². The first kappa shape index (κ1) is 14.2. The summed E-state index contributed by atoms with van der Waals surface area (Å²) in [7, 11) is 0. The summed E-state index contributed by atoms with van der Waals surface area (Å²) in [6, 6.07) is 16.7. The van der Waals surface area contributed by atoms with Crippen LogP contribution in [0.3, 0.4) is 0 Å². The number of cyclic esters (lactones) is 1. The summed E-state index contributed by atoms with van der Waals surface area (Å²) in [6.07, 6.45) is 0.0506. The third-order valence-corrected chi connectivity index (χ3v) is 4.22. The van der Waals surface area contributed by atoms with Crippen LogP contribution in [0.25, 0.3) is 5.03 Å². The van der Waals surface area contributed by atoms with E-state index in [4.69, 9.17) is 27.9 Å². The summed E-state index contributed by atoms with van der Waals surface area (Å²) in [5.74, 6) is -0.381. The first-order chi connectivity index (χ1) is 10.2. The third-order valence-electron chi connectivity index (χ3n) is 3.43. The second-order valence-corrected chi connectivity index (χ2v) is 5.56. The van der Waals surface area contributed by atoms with Gasteiger partial charge in [-0.25, -0.2) is 4.79 Å². The van der Waals surface area contributed by atoms with E-state index < -0.39 is 0 Å². The molecule has 1 heterocycles. The zero-order chi connectivity index (χ0) is 14.8. The molecule has 1 fully saturated rings. The van der Waals surface area contributed by atoms with Crippen molar-refractivity contribution in [1.82, 2.24) is 0 Å². The van der Waals surface area contributed by atoms with E-state index >= 15 is 0 Å². The van der Waals surface area contributed by atoms with Gasteiger partial charge in [0.25, 0.3) is 0 Å². The van der Waals surface area contributed by atoms with Crippen LogP contribution in [-0.2, 0) is 9.53 Å². The largest absolute Gasteiger partial charge is 0.454 e. The second kappa shape index (κ2) is 5.92. The van der Waals surface area contributed by atoms with Gasteiger partial charge in [-0.3, -0.25) is 0 Å². The molecule has 0 aromatic heterocycles. The Hall–Kier alpha value is -1.77. The van der Waals surface area contributed by atoms with Gasteiger partial charge in [0, 0.05) is 17.0 Å². The van der Waals surface area contributed by atoms with E-state index in [1.165, 1.54) is 0 Å². The fourth-order valence-corrected chi connectivity index (χ4v) is 2.90. The lowest BCUT2D eigenvalue weighted by Gasteiger charge is -2.10. The fourth-order valence-electron chi connectivity index (χ4n) is 2.36. The molecule has 0 bridgehead atoms. The molecule has 0 N–H and O–H groups in total. The molecular weight excluding hydrogens is 307 g/mol. The molecule has 1 aliphatic rings. The Balaban J connectivity index is 1.94. The average molecular weight is 319 g/mol. The van der Waals surface area contributed by atoms with Crippen LogP contribution in [0.4, 0.5) is 0 Å². The van der Waals surface area contributed by atoms with Crippen molar-refractivity contribution < 1.29 is 9.53 Å². The number of esters is 1. The Morgan fingerprint density at radius 3 is 2.43 bits per heavy atom. The van der Waals surface area contributed by atoms with Crippen molar-refractivity contribution in [3.63, 3.8) is 0 Å². The minimum Gasteiger partial charge on any atom is -0.454 e. The van der Waals surface area contributed by atoms with E-state index in [0.717, 1.165) is 11.1 Å². The van der Waals surface area contributed by atoms with Gasteiger partial charge in [-0.05, 0) is 11.6 Å². The highest BCUT2D eigenvalue weighted by Crippen LogP contribution is 2.40. The maximum Gasteiger partial charge on any atom is 0.336 e. The maximum absolute atomic E-state index is 12.1. The molecule has 3 rings (SSSR count). The van der Waals surface area contributed by atoms with Crippen LogP contribution >= 0.6 is 23.2 Å². The second-order valence-electron chi connectivity index (χ2n) is 4.78. The van der Waals surface area contributed by atoms with Crippen molar-refractivity contribution in [2.45, 2.75) is 12.5 Å². The summed E-state index contributed by atoms with van der Waals surface area (Å²) in [4.78, 5) is 12.1. The molecular formula is C17H12Cl2O2. The monoisotopic (exact) mass is 318 g/mol. The number of ether oxygens (including phenoxy) is 1. The molecule has 1 unspecified atom stereocenters. The Bertz CT molecular complexity index is 708. The number of carbonyl (C=O) groups is 1. The van der Waals surface area contributed by atoms with Gasteiger partial charge in [-0.1, -0.05) is 71.7 Å². The molecule has 2 aromatic carbocycles. The predicted octanol–water partition coefficient (Wildman–Crippen LogP) is 4.98. The molecule has 1 aliphatic heterocycles. The molecule has 1 atom stereocenters. The molecule has 0 amide bonds. The van der Waals surface area contributed by atoms with Gasteiger partial charge >= 0.3 is 5.97 Å². The van der Waals surface area contributed by atoms with Crippen LogP contribution in [-0.4, -0.2) is 5.97 Å². The van der Waals surface area contributed by atoms with Crippen LogP contribution < -0.4 is 0 Å². The lowest BCUT2D eigenvalue weighted by Crippen LogP contribution is -1.99. The normalized spacial score (nSPS) is 20.3. The van der Waals surface area contributed by atoms with Crippen molar-refractivity contribution >= 4 is 34.2 Å². The maximum atomic E-state index is 12.1. The highest BCUT2D eigenvalue weighted by Gasteiger charge is 2.33. The summed E-state index contributed by atoms with van der Waals surface area (Å²) < 4.78 is 5.42. The van der Waals surface area contributed by atoms with Crippen molar-refractivity contribution in [3.05, 3.63) is 76.3 Å². The lowest BCUT2D eigenvalue weighted by atomic mass is 10.0. The quantitative estimate of drug-likeness (QED) is 0.576. The third kappa shape index (κ3) is 2.82. The Kier molecular flexibility index (Phi) is 4.00. The fraction of sp³-hybridized carbons (Fsp3) is 0.118. The van der Waals surface area contributed by atoms with Crippen LogP contribution in [0.2, 0.25) is 5.02 Å². The van der Waals surface area contributed by atoms with Crippen molar-refractivity contribution in [3.8, 4) is 0 Å². The van der Waals surface area contributed by atoms with Crippen molar-refractivity contribution in [2.75, 3.05) is 0 Å². The standard InChI is InChI=1S/C17H12Cl2O2/c18-14-9-5-4-8-12(14)15-10-13(17(20)21-15)16(19)11-6-2-1-3-7-11/h1-9,15H,10H2/b16-13-. The van der Waals surface area contributed by atoms with Gasteiger partial charge in [-0.2, -0.15) is 0 Å². The van der Waals surface area contributed by atoms with Gasteiger partial charge in [-0.15, -0.1) is 0 Å². The van der Waals surface area contributed by atoms with E-state index in [1.54, 1.807) is 6.07 Å². The number of hydrogen-bond acceptors (Lipinski definition) is 2. The Morgan fingerprint density at radius 1 is 1.05 bits per heavy atom. The van der Waals surface area contributed by atoms with Crippen molar-refractivity contribution in [2.24, 2.45) is 0 Å². The number of halogens is 2. The van der Waals surface area contributed by atoms with E-state index in [0.29, 0.717) is 22.0 Å². The molecule has 2 aromatic rings. The molecule has 1 saturated heterocycles. The van der Waals surface area contributed by atoms with Gasteiger partial charge in [0.15, 0.2) is 0 Å². The van der Waals surface area contributed by atoms with Gasteiger partial charge in [0.2, 0.25) is 0 Å². The highest BCUT2D eigenvalue weighted by molar-refractivity contribution is 6.51. The van der Waals surface area contributed by atoms with Crippen LogP contribution in [0.5, 0.6) is 0 Å². The minimum absolute atomic E-state index is 0.376. The topological polar surface area (TPSA) is 26.3 Å². The zero-order valence-electron chi connectivity index (χ0n) is 11.1. The van der Waals surface area contributed by atoms with Crippen molar-refractivity contribution in [1.29, 1.82) is 0 Å². The molecule has 0 spiro atoms. The van der Waals surface area contributed by atoms with E-state index in [-0.39, 0.29) is 12.1 Å². The minimum atomic E-state index is -0.381. The Labute approximate surface area is 132 Å². The SMILES string of the molecule is O=C1OC(c2ccccc2Cl)C/C1=C(/Cl)c1ccccc1. The smallest absolute Gasteiger partial charge is 0.336 e. The Morgan fingerprint density at radius 2 is 1.71 bits per heavy atom. The molecule has 2 nitrogen and oxygen atoms in total. The molecule has 0 radical (unpaired) electrons. The van der Waals surface area contributed by atoms with E-state index in [2.05, 4.69) is 0 Å². The highest BCUT2D eigenvalue weighted by atomic mass is 35.5. The first-order valence-electron chi connectivity index (χ1n) is 6.56. The first-order valence-corrected chi connectivity index (χ1v) is 7.32. The summed E-state index contributed by atoms with van der Waals surface area (Å²) in [5, 5.41) is 1.03. The molecule has 0 saturated carbocycles. The van der Waals surface area contributed by atoms with Gasteiger partial charge in [0.05, 0.1) is 10.6 Å². The summed E-state index contributed by atoms with van der Waals surface area (Å²) in [6.45, 7) is 0.